The average molecular weight is 400 g/mol. The van der Waals surface area contributed by atoms with Crippen molar-refractivity contribution in [3.8, 4) is 0 Å². The van der Waals surface area contributed by atoms with Crippen LogP contribution in [0.4, 0.5) is 5.69 Å². The fraction of sp³-hybridized carbons (Fsp3) is 0.200. The average Bonchev–Trinajstić information content (AvgIpc) is 3.01. The van der Waals surface area contributed by atoms with Crippen molar-refractivity contribution in [1.82, 2.24) is 0 Å². The summed E-state index contributed by atoms with van der Waals surface area (Å²) in [5, 5.41) is 0.581. The second-order valence-electron chi connectivity index (χ2n) is 8.35. The second-order valence-corrected chi connectivity index (χ2v) is 8.78. The van der Waals surface area contributed by atoms with Crippen LogP contribution in [0, 0.1) is 11.8 Å². The van der Waals surface area contributed by atoms with E-state index in [-0.39, 0.29) is 23.7 Å². The van der Waals surface area contributed by atoms with Crippen LogP contribution in [0.5, 0.6) is 0 Å². The summed E-state index contributed by atoms with van der Waals surface area (Å²) < 4.78 is 0. The molecular weight excluding hydrogens is 382 g/mol. The van der Waals surface area contributed by atoms with Crippen molar-refractivity contribution in [3.05, 3.63) is 100 Å². The molecular formula is C25H18ClNO2. The Balaban J connectivity index is 1.61. The predicted molar refractivity (Wildman–Crippen MR) is 112 cm³/mol. The Morgan fingerprint density at radius 2 is 1.34 bits per heavy atom. The van der Waals surface area contributed by atoms with E-state index in [1.54, 1.807) is 24.3 Å². The standard InChI is InChI=1S/C25H18ClNO2/c1-25-18-8-4-2-6-16(18)20(17-7-3-5-9-19(17)25)21-22(25)24(29)27(23(21)28)15-12-10-14(26)11-13-15/h2-13,20-22H,1H3/t20?,21-,22+,25?/m0/s1. The highest BCUT2D eigenvalue weighted by Crippen LogP contribution is 2.64. The highest BCUT2D eigenvalue weighted by atomic mass is 35.5. The number of benzene rings is 3. The molecule has 4 aliphatic rings. The quantitative estimate of drug-likeness (QED) is 0.545. The Bertz CT molecular complexity index is 1150. The summed E-state index contributed by atoms with van der Waals surface area (Å²) in [5.41, 5.74) is 4.76. The van der Waals surface area contributed by atoms with Gasteiger partial charge >= 0.3 is 0 Å². The lowest BCUT2D eigenvalue weighted by molar-refractivity contribution is -0.123. The maximum atomic E-state index is 13.7. The van der Waals surface area contributed by atoms with Crippen molar-refractivity contribution in [2.75, 3.05) is 4.90 Å². The van der Waals surface area contributed by atoms with Crippen molar-refractivity contribution in [3.63, 3.8) is 0 Å². The van der Waals surface area contributed by atoms with Gasteiger partial charge in [0.1, 0.15) is 0 Å². The number of imide groups is 1. The third kappa shape index (κ3) is 1.94. The zero-order chi connectivity index (χ0) is 19.9. The first-order chi connectivity index (χ1) is 14.0. The lowest BCUT2D eigenvalue weighted by atomic mass is 9.48. The van der Waals surface area contributed by atoms with Gasteiger partial charge in [-0.2, -0.15) is 0 Å². The summed E-state index contributed by atoms with van der Waals surface area (Å²) in [5.74, 6) is -1.10. The number of amides is 2. The molecule has 2 atom stereocenters. The van der Waals surface area contributed by atoms with Gasteiger partial charge in [0.05, 0.1) is 17.5 Å². The minimum Gasteiger partial charge on any atom is -0.274 e. The zero-order valence-corrected chi connectivity index (χ0v) is 16.6. The molecule has 1 heterocycles. The minimum atomic E-state index is -0.527. The first-order valence-electron chi connectivity index (χ1n) is 9.85. The van der Waals surface area contributed by atoms with Gasteiger partial charge in [0.15, 0.2) is 0 Å². The zero-order valence-electron chi connectivity index (χ0n) is 15.8. The molecule has 29 heavy (non-hydrogen) atoms. The number of carbonyl (C=O) groups excluding carboxylic acids is 2. The molecule has 142 valence electrons. The van der Waals surface area contributed by atoms with Crippen LogP contribution < -0.4 is 4.90 Å². The normalized spacial score (nSPS) is 28.9. The van der Waals surface area contributed by atoms with E-state index in [0.717, 1.165) is 0 Å². The number of nitrogens with zero attached hydrogens (tertiary/aromatic N) is 1. The summed E-state index contributed by atoms with van der Waals surface area (Å²) >= 11 is 6.02. The molecule has 1 aliphatic heterocycles. The molecule has 1 saturated heterocycles. The Morgan fingerprint density at radius 3 is 1.93 bits per heavy atom. The van der Waals surface area contributed by atoms with Gasteiger partial charge in [0.2, 0.25) is 11.8 Å². The van der Waals surface area contributed by atoms with Gasteiger partial charge < -0.3 is 0 Å². The van der Waals surface area contributed by atoms with E-state index in [1.807, 2.05) is 24.3 Å². The molecule has 4 heteroatoms. The Hall–Kier alpha value is -2.91. The van der Waals surface area contributed by atoms with Gasteiger partial charge in [-0.25, -0.2) is 4.90 Å². The summed E-state index contributed by atoms with van der Waals surface area (Å²) in [7, 11) is 0. The van der Waals surface area contributed by atoms with Crippen molar-refractivity contribution < 1.29 is 9.59 Å². The number of carbonyl (C=O) groups is 2. The molecule has 3 aliphatic carbocycles. The van der Waals surface area contributed by atoms with Gasteiger partial charge in [-0.3, -0.25) is 9.59 Å². The SMILES string of the molecule is CC12c3ccccc3C(c3ccccc31)[C@@H]1C(=O)N(c3ccc(Cl)cc3)C(=O)[C@@H]12. The second kappa shape index (κ2) is 5.58. The molecule has 3 aromatic carbocycles. The molecule has 0 saturated carbocycles. The maximum absolute atomic E-state index is 13.7. The Labute approximate surface area is 173 Å². The highest BCUT2D eigenvalue weighted by molar-refractivity contribution is 6.31. The first kappa shape index (κ1) is 17.0. The summed E-state index contributed by atoms with van der Waals surface area (Å²) in [6, 6.07) is 23.5. The topological polar surface area (TPSA) is 37.4 Å². The van der Waals surface area contributed by atoms with Crippen molar-refractivity contribution in [2.24, 2.45) is 11.8 Å². The Morgan fingerprint density at radius 1 is 0.793 bits per heavy atom. The van der Waals surface area contributed by atoms with Crippen LogP contribution in [-0.2, 0) is 15.0 Å². The van der Waals surface area contributed by atoms with Gasteiger partial charge in [0.25, 0.3) is 0 Å². The van der Waals surface area contributed by atoms with Gasteiger partial charge in [-0.05, 0) is 46.5 Å². The van der Waals surface area contributed by atoms with E-state index in [9.17, 15) is 9.59 Å². The molecule has 7 rings (SSSR count). The van der Waals surface area contributed by atoms with Crippen LogP contribution in [0.3, 0.4) is 0 Å². The smallest absolute Gasteiger partial charge is 0.238 e. The van der Waals surface area contributed by atoms with Crippen LogP contribution in [0.15, 0.2) is 72.8 Å². The maximum Gasteiger partial charge on any atom is 0.238 e. The highest BCUT2D eigenvalue weighted by Gasteiger charge is 2.66. The van der Waals surface area contributed by atoms with Crippen LogP contribution in [0.25, 0.3) is 0 Å². The summed E-state index contributed by atoms with van der Waals surface area (Å²) in [6.45, 7) is 2.13. The number of hydrogen-bond acceptors (Lipinski definition) is 2. The van der Waals surface area contributed by atoms with E-state index in [0.29, 0.717) is 10.7 Å². The van der Waals surface area contributed by atoms with E-state index in [2.05, 4.69) is 31.2 Å². The summed E-state index contributed by atoms with van der Waals surface area (Å²) in [4.78, 5) is 28.8. The lowest BCUT2D eigenvalue weighted by Crippen LogP contribution is -2.51. The summed E-state index contributed by atoms with van der Waals surface area (Å²) in [6.07, 6.45) is 0. The van der Waals surface area contributed by atoms with Crippen LogP contribution in [-0.4, -0.2) is 11.8 Å². The molecule has 0 unspecified atom stereocenters. The third-order valence-corrected chi connectivity index (χ3v) is 7.38. The van der Waals surface area contributed by atoms with Crippen LogP contribution in [0.1, 0.15) is 35.1 Å². The molecule has 3 nitrogen and oxygen atoms in total. The minimum absolute atomic E-state index is 0.0945. The predicted octanol–water partition coefficient (Wildman–Crippen LogP) is 4.91. The van der Waals surface area contributed by atoms with E-state index < -0.39 is 11.3 Å². The molecule has 2 amide bonds. The van der Waals surface area contributed by atoms with E-state index >= 15 is 0 Å². The molecule has 0 spiro atoms. The number of halogens is 1. The number of rotatable bonds is 1. The number of hydrogen-bond donors (Lipinski definition) is 0. The van der Waals surface area contributed by atoms with Gasteiger partial charge in [0, 0.05) is 16.4 Å². The van der Waals surface area contributed by atoms with Crippen molar-refractivity contribution in [2.45, 2.75) is 18.3 Å². The van der Waals surface area contributed by atoms with Crippen molar-refractivity contribution in [1.29, 1.82) is 0 Å². The monoisotopic (exact) mass is 399 g/mol. The van der Waals surface area contributed by atoms with E-state index in [4.69, 9.17) is 11.6 Å². The fourth-order valence-corrected chi connectivity index (χ4v) is 6.12. The lowest BCUT2D eigenvalue weighted by Gasteiger charge is -2.52. The molecule has 0 aromatic heterocycles. The van der Waals surface area contributed by atoms with Crippen LogP contribution in [0.2, 0.25) is 5.02 Å². The molecule has 0 N–H and O–H groups in total. The molecule has 1 fully saturated rings. The number of anilines is 1. The van der Waals surface area contributed by atoms with Crippen LogP contribution >= 0.6 is 11.6 Å². The largest absolute Gasteiger partial charge is 0.274 e. The Kier molecular flexibility index (Phi) is 3.27. The molecule has 0 radical (unpaired) electrons. The fourth-order valence-electron chi connectivity index (χ4n) is 6.00. The van der Waals surface area contributed by atoms with Crippen molar-refractivity contribution >= 4 is 29.1 Å². The molecule has 3 aromatic rings. The van der Waals surface area contributed by atoms with Gasteiger partial charge in [-0.15, -0.1) is 0 Å². The van der Waals surface area contributed by atoms with Gasteiger partial charge in [-0.1, -0.05) is 67.1 Å². The van der Waals surface area contributed by atoms with E-state index in [1.165, 1.54) is 27.2 Å². The third-order valence-electron chi connectivity index (χ3n) is 7.13. The first-order valence-corrected chi connectivity index (χ1v) is 10.2. The molecule has 2 bridgehead atoms.